The molecule has 0 aromatic heterocycles. The van der Waals surface area contributed by atoms with Gasteiger partial charge in [-0.15, -0.1) is 0 Å². The van der Waals surface area contributed by atoms with E-state index in [1.807, 2.05) is 0 Å². The second-order valence-corrected chi connectivity index (χ2v) is 4.97. The highest BCUT2D eigenvalue weighted by molar-refractivity contribution is 4.98. The molecule has 0 unspecified atom stereocenters. The van der Waals surface area contributed by atoms with E-state index in [0.29, 0.717) is 0 Å². The quantitative estimate of drug-likeness (QED) is 0.620. The molecule has 2 aliphatic carbocycles. The maximum Gasteiger partial charge on any atom is 0.0127 e. The van der Waals surface area contributed by atoms with E-state index in [0.717, 1.165) is 17.9 Å². The zero-order valence-electron chi connectivity index (χ0n) is 7.84. The van der Waals surface area contributed by atoms with Gasteiger partial charge in [0.2, 0.25) is 0 Å². The fourth-order valence-electron chi connectivity index (χ4n) is 2.74. The van der Waals surface area contributed by atoms with Gasteiger partial charge in [0.25, 0.3) is 0 Å². The average molecular weight is 165 g/mol. The van der Waals surface area contributed by atoms with E-state index >= 15 is 0 Å². The smallest absolute Gasteiger partial charge is 0.0127 e. The van der Waals surface area contributed by atoms with Gasteiger partial charge < -0.3 is 4.90 Å². The van der Waals surface area contributed by atoms with Gasteiger partial charge in [-0.3, -0.25) is 0 Å². The highest BCUT2D eigenvalue weighted by atomic mass is 15.2. The van der Waals surface area contributed by atoms with Crippen molar-refractivity contribution in [3.63, 3.8) is 0 Å². The molecule has 0 aromatic carbocycles. The zero-order chi connectivity index (χ0) is 7.97. The number of fused-ring (bicyclic) bond motifs is 1. The summed E-state index contributed by atoms with van der Waals surface area (Å²) in [6.45, 7) is 2.83. The molecule has 3 fully saturated rings. The number of piperidine rings is 1. The zero-order valence-corrected chi connectivity index (χ0v) is 7.84. The van der Waals surface area contributed by atoms with Crippen LogP contribution in [0.15, 0.2) is 0 Å². The second kappa shape index (κ2) is 2.73. The standard InChI is InChI=1S/C11H19N/c1-2-10-8-11(10)12(6-1)7-5-9-3-4-9/h9-11H,1-8H2/t10-,11+/m1/s1. The van der Waals surface area contributed by atoms with Crippen LogP contribution in [0.5, 0.6) is 0 Å². The van der Waals surface area contributed by atoms with Crippen LogP contribution in [-0.2, 0) is 0 Å². The molecular weight excluding hydrogens is 146 g/mol. The monoisotopic (exact) mass is 165 g/mol. The van der Waals surface area contributed by atoms with Crippen molar-refractivity contribution in [1.82, 2.24) is 4.90 Å². The first-order valence-electron chi connectivity index (χ1n) is 5.67. The maximum atomic E-state index is 2.77. The van der Waals surface area contributed by atoms with Gasteiger partial charge in [-0.1, -0.05) is 12.8 Å². The highest BCUT2D eigenvalue weighted by Gasteiger charge is 2.43. The first-order chi connectivity index (χ1) is 5.93. The Hall–Kier alpha value is -0.0400. The fraction of sp³-hybridized carbons (Fsp3) is 1.00. The van der Waals surface area contributed by atoms with Crippen LogP contribution in [0.3, 0.4) is 0 Å². The predicted molar refractivity (Wildman–Crippen MR) is 50.0 cm³/mol. The molecule has 3 aliphatic rings. The van der Waals surface area contributed by atoms with E-state index in [9.17, 15) is 0 Å². The van der Waals surface area contributed by atoms with Crippen LogP contribution in [-0.4, -0.2) is 24.0 Å². The minimum atomic E-state index is 1.04. The van der Waals surface area contributed by atoms with Gasteiger partial charge in [-0.05, 0) is 50.6 Å². The third-order valence-corrected chi connectivity index (χ3v) is 3.90. The third-order valence-electron chi connectivity index (χ3n) is 3.90. The Labute approximate surface area is 75.1 Å². The summed E-state index contributed by atoms with van der Waals surface area (Å²) in [6.07, 6.45) is 9.11. The van der Waals surface area contributed by atoms with E-state index < -0.39 is 0 Å². The van der Waals surface area contributed by atoms with Gasteiger partial charge in [0.05, 0.1) is 0 Å². The van der Waals surface area contributed by atoms with E-state index in [-0.39, 0.29) is 0 Å². The van der Waals surface area contributed by atoms with Crippen molar-refractivity contribution >= 4 is 0 Å². The first kappa shape index (κ1) is 7.37. The molecule has 1 heteroatoms. The number of likely N-dealkylation sites (tertiary alicyclic amines) is 1. The molecule has 0 spiro atoms. The SMILES string of the molecule is C1C[C@@H]2C[C@@H]2N(CCC2CC2)C1. The summed E-state index contributed by atoms with van der Waals surface area (Å²) in [5, 5.41) is 0. The van der Waals surface area contributed by atoms with Crippen LogP contribution in [0.2, 0.25) is 0 Å². The second-order valence-electron chi connectivity index (χ2n) is 4.97. The lowest BCUT2D eigenvalue weighted by Crippen LogP contribution is -2.32. The van der Waals surface area contributed by atoms with Gasteiger partial charge in [0.15, 0.2) is 0 Å². The molecule has 1 heterocycles. The van der Waals surface area contributed by atoms with Crippen molar-refractivity contribution in [2.24, 2.45) is 11.8 Å². The van der Waals surface area contributed by atoms with E-state index in [1.165, 1.54) is 51.6 Å². The molecule has 0 amide bonds. The molecular formula is C11H19N. The summed E-state index contributed by atoms with van der Waals surface area (Å²) in [6, 6.07) is 1.04. The van der Waals surface area contributed by atoms with Gasteiger partial charge in [0, 0.05) is 6.04 Å². The lowest BCUT2D eigenvalue weighted by atomic mass is 10.1. The van der Waals surface area contributed by atoms with Gasteiger partial charge in [0.1, 0.15) is 0 Å². The van der Waals surface area contributed by atoms with Crippen molar-refractivity contribution < 1.29 is 0 Å². The third kappa shape index (κ3) is 1.39. The van der Waals surface area contributed by atoms with Crippen molar-refractivity contribution in [2.45, 2.75) is 44.6 Å². The topological polar surface area (TPSA) is 3.24 Å². The van der Waals surface area contributed by atoms with Crippen LogP contribution in [0.25, 0.3) is 0 Å². The maximum absolute atomic E-state index is 2.77. The fourth-order valence-corrected chi connectivity index (χ4v) is 2.74. The molecule has 68 valence electrons. The summed E-state index contributed by atoms with van der Waals surface area (Å²) in [5.41, 5.74) is 0. The van der Waals surface area contributed by atoms with Crippen molar-refractivity contribution in [3.8, 4) is 0 Å². The van der Waals surface area contributed by atoms with E-state index in [1.54, 1.807) is 0 Å². The predicted octanol–water partition coefficient (Wildman–Crippen LogP) is 2.27. The summed E-state index contributed by atoms with van der Waals surface area (Å²) < 4.78 is 0. The molecule has 0 N–H and O–H groups in total. The van der Waals surface area contributed by atoms with Gasteiger partial charge >= 0.3 is 0 Å². The Balaban J connectivity index is 1.47. The average Bonchev–Trinajstić information content (AvgIpc) is 2.95. The lowest BCUT2D eigenvalue weighted by Gasteiger charge is -2.26. The minimum absolute atomic E-state index is 1.04. The molecule has 0 radical (unpaired) electrons. The normalized spacial score (nSPS) is 41.0. The molecule has 1 saturated heterocycles. The van der Waals surface area contributed by atoms with Crippen molar-refractivity contribution in [2.75, 3.05) is 13.1 Å². The Morgan fingerprint density at radius 1 is 1.17 bits per heavy atom. The number of hydrogen-bond donors (Lipinski definition) is 0. The molecule has 12 heavy (non-hydrogen) atoms. The van der Waals surface area contributed by atoms with Crippen LogP contribution in [0.1, 0.15) is 38.5 Å². The first-order valence-corrected chi connectivity index (χ1v) is 5.67. The Kier molecular flexibility index (Phi) is 1.68. The highest BCUT2D eigenvalue weighted by Crippen LogP contribution is 2.43. The lowest BCUT2D eigenvalue weighted by molar-refractivity contribution is 0.209. The van der Waals surface area contributed by atoms with Crippen LogP contribution in [0.4, 0.5) is 0 Å². The largest absolute Gasteiger partial charge is 0.300 e. The van der Waals surface area contributed by atoms with Crippen LogP contribution >= 0.6 is 0 Å². The number of hydrogen-bond acceptors (Lipinski definition) is 1. The van der Waals surface area contributed by atoms with Crippen LogP contribution in [0, 0.1) is 11.8 Å². The molecule has 1 nitrogen and oxygen atoms in total. The summed E-state index contributed by atoms with van der Waals surface area (Å²) in [7, 11) is 0. The molecule has 2 saturated carbocycles. The van der Waals surface area contributed by atoms with E-state index in [4.69, 9.17) is 0 Å². The van der Waals surface area contributed by atoms with Gasteiger partial charge in [-0.2, -0.15) is 0 Å². The van der Waals surface area contributed by atoms with Crippen LogP contribution < -0.4 is 0 Å². The Bertz CT molecular complexity index is 174. The Morgan fingerprint density at radius 2 is 2.08 bits per heavy atom. The van der Waals surface area contributed by atoms with E-state index in [2.05, 4.69) is 4.90 Å². The van der Waals surface area contributed by atoms with Crippen molar-refractivity contribution in [1.29, 1.82) is 0 Å². The number of rotatable bonds is 3. The summed E-state index contributed by atoms with van der Waals surface area (Å²) in [4.78, 5) is 2.77. The summed E-state index contributed by atoms with van der Waals surface area (Å²) in [5.74, 6) is 2.25. The molecule has 1 aliphatic heterocycles. The molecule has 0 bridgehead atoms. The van der Waals surface area contributed by atoms with Gasteiger partial charge in [-0.25, -0.2) is 0 Å². The molecule has 3 rings (SSSR count). The molecule has 2 atom stereocenters. The summed E-state index contributed by atoms with van der Waals surface area (Å²) >= 11 is 0. The number of nitrogens with zero attached hydrogens (tertiary/aromatic N) is 1. The molecule has 0 aromatic rings. The van der Waals surface area contributed by atoms with Crippen molar-refractivity contribution in [3.05, 3.63) is 0 Å². The minimum Gasteiger partial charge on any atom is -0.300 e. The Morgan fingerprint density at radius 3 is 2.92 bits per heavy atom.